The highest BCUT2D eigenvalue weighted by Crippen LogP contribution is 2.26. The van der Waals surface area contributed by atoms with Gasteiger partial charge in [0.1, 0.15) is 5.75 Å². The monoisotopic (exact) mass is 306 g/mol. The third-order valence-electron chi connectivity index (χ3n) is 3.30. The van der Waals surface area contributed by atoms with Crippen molar-refractivity contribution in [2.75, 3.05) is 6.54 Å². The van der Waals surface area contributed by atoms with Gasteiger partial charge in [-0.05, 0) is 43.3 Å². The number of phenols is 1. The topological polar surface area (TPSA) is 70.5 Å². The Bertz CT molecular complexity index is 685. The van der Waals surface area contributed by atoms with Crippen LogP contribution in [-0.2, 0) is 10.0 Å². The van der Waals surface area contributed by atoms with E-state index in [9.17, 15) is 13.5 Å². The van der Waals surface area contributed by atoms with Crippen LogP contribution in [0.25, 0.3) is 0 Å². The Morgan fingerprint density at radius 2 is 1.86 bits per heavy atom. The molecule has 2 rings (SSSR count). The van der Waals surface area contributed by atoms with Crippen LogP contribution in [0, 0.1) is 0 Å². The largest absolute Gasteiger partial charge is 0.508 e. The third-order valence-corrected chi connectivity index (χ3v) is 5.36. The van der Waals surface area contributed by atoms with Crippen LogP contribution in [0.3, 0.4) is 0 Å². The molecule has 1 atom stereocenters. The molecule has 2 aromatic rings. The number of rotatable bonds is 5. The number of nitrogens with zero attached hydrogens (tertiary/aromatic N) is 2. The number of hydrogen-bond acceptors (Lipinski definition) is 4. The number of aromatic hydroxyl groups is 1. The summed E-state index contributed by atoms with van der Waals surface area (Å²) in [5, 5.41) is 9.29. The van der Waals surface area contributed by atoms with E-state index >= 15 is 0 Å². The first-order chi connectivity index (χ1) is 9.96. The Balaban J connectivity index is 2.38. The molecule has 1 unspecified atom stereocenters. The van der Waals surface area contributed by atoms with Gasteiger partial charge in [-0.2, -0.15) is 4.31 Å². The van der Waals surface area contributed by atoms with Crippen LogP contribution in [0.1, 0.15) is 25.6 Å². The maximum atomic E-state index is 12.7. The van der Waals surface area contributed by atoms with Crippen LogP contribution in [0.4, 0.5) is 0 Å². The normalized spacial score (nSPS) is 13.3. The minimum Gasteiger partial charge on any atom is -0.508 e. The van der Waals surface area contributed by atoms with E-state index in [1.54, 1.807) is 25.3 Å². The van der Waals surface area contributed by atoms with E-state index in [4.69, 9.17) is 0 Å². The lowest BCUT2D eigenvalue weighted by atomic mass is 10.2. The van der Waals surface area contributed by atoms with E-state index in [0.717, 1.165) is 0 Å². The van der Waals surface area contributed by atoms with E-state index < -0.39 is 10.0 Å². The van der Waals surface area contributed by atoms with Crippen LogP contribution in [-0.4, -0.2) is 29.4 Å². The minimum absolute atomic E-state index is 0.0368. The molecule has 1 N–H and O–H groups in total. The highest BCUT2D eigenvalue weighted by molar-refractivity contribution is 7.89. The molecule has 0 aliphatic carbocycles. The lowest BCUT2D eigenvalue weighted by Gasteiger charge is -2.26. The van der Waals surface area contributed by atoms with Crippen molar-refractivity contribution in [2.24, 2.45) is 0 Å². The highest BCUT2D eigenvalue weighted by Gasteiger charge is 2.29. The number of pyridine rings is 1. The van der Waals surface area contributed by atoms with Crippen molar-refractivity contribution in [1.29, 1.82) is 0 Å². The average molecular weight is 306 g/mol. The maximum Gasteiger partial charge on any atom is 0.243 e. The predicted molar refractivity (Wildman–Crippen MR) is 80.3 cm³/mol. The fraction of sp³-hybridized carbons (Fsp3) is 0.267. The summed E-state index contributed by atoms with van der Waals surface area (Å²) in [5.74, 6) is 0.0368. The first-order valence-electron chi connectivity index (χ1n) is 6.68. The molecule has 0 aliphatic rings. The fourth-order valence-corrected chi connectivity index (χ4v) is 3.79. The smallest absolute Gasteiger partial charge is 0.243 e. The van der Waals surface area contributed by atoms with Gasteiger partial charge in [-0.1, -0.05) is 13.0 Å². The first-order valence-corrected chi connectivity index (χ1v) is 8.12. The summed E-state index contributed by atoms with van der Waals surface area (Å²) >= 11 is 0. The zero-order valence-corrected chi connectivity index (χ0v) is 12.8. The number of sulfonamides is 1. The molecule has 1 aromatic carbocycles. The maximum absolute atomic E-state index is 12.7. The Labute approximate surface area is 124 Å². The lowest BCUT2D eigenvalue weighted by Crippen LogP contribution is -2.33. The molecule has 0 fully saturated rings. The Hall–Kier alpha value is -1.92. The second-order valence-corrected chi connectivity index (χ2v) is 6.52. The Morgan fingerprint density at radius 1 is 1.19 bits per heavy atom. The zero-order valence-electron chi connectivity index (χ0n) is 12.0. The van der Waals surface area contributed by atoms with Crippen molar-refractivity contribution in [3.8, 4) is 5.75 Å². The number of aromatic nitrogens is 1. The molecule has 0 bridgehead atoms. The molecule has 0 saturated heterocycles. The second kappa shape index (κ2) is 6.24. The van der Waals surface area contributed by atoms with Crippen molar-refractivity contribution >= 4 is 10.0 Å². The minimum atomic E-state index is -3.63. The van der Waals surface area contributed by atoms with Gasteiger partial charge in [-0.25, -0.2) is 8.42 Å². The summed E-state index contributed by atoms with van der Waals surface area (Å²) < 4.78 is 26.8. The van der Waals surface area contributed by atoms with E-state index in [1.165, 1.54) is 28.6 Å². The van der Waals surface area contributed by atoms with E-state index in [2.05, 4.69) is 4.98 Å². The zero-order chi connectivity index (χ0) is 15.5. The van der Waals surface area contributed by atoms with Gasteiger partial charge in [-0.3, -0.25) is 4.98 Å². The summed E-state index contributed by atoms with van der Waals surface area (Å²) in [6, 6.07) is 10.6. The van der Waals surface area contributed by atoms with Gasteiger partial charge in [-0.15, -0.1) is 0 Å². The van der Waals surface area contributed by atoms with E-state index in [-0.39, 0.29) is 16.7 Å². The average Bonchev–Trinajstić information content (AvgIpc) is 2.49. The van der Waals surface area contributed by atoms with Crippen molar-refractivity contribution in [2.45, 2.75) is 24.8 Å². The molecular formula is C15H18N2O3S. The number of phenolic OH excluding ortho intramolecular Hbond substituents is 1. The molecule has 0 saturated carbocycles. The van der Waals surface area contributed by atoms with Gasteiger partial charge in [0.25, 0.3) is 0 Å². The SMILES string of the molecule is CCN(C(C)c1ccccn1)S(=O)(=O)c1ccc(O)cc1. The van der Waals surface area contributed by atoms with Gasteiger partial charge in [0.2, 0.25) is 10.0 Å². The van der Waals surface area contributed by atoms with E-state index in [1.807, 2.05) is 13.0 Å². The van der Waals surface area contributed by atoms with Crippen LogP contribution < -0.4 is 0 Å². The summed E-state index contributed by atoms with van der Waals surface area (Å²) in [5.41, 5.74) is 0.696. The molecule has 0 amide bonds. The molecule has 1 aromatic heterocycles. The third kappa shape index (κ3) is 3.22. The lowest BCUT2D eigenvalue weighted by molar-refractivity contribution is 0.351. The van der Waals surface area contributed by atoms with Gasteiger partial charge in [0.15, 0.2) is 0 Å². The molecular weight excluding hydrogens is 288 g/mol. The molecule has 0 radical (unpaired) electrons. The standard InChI is InChI=1S/C15H18N2O3S/c1-3-17(12(2)15-6-4-5-11-16-15)21(19,20)14-9-7-13(18)8-10-14/h4-12,18H,3H2,1-2H3. The van der Waals surface area contributed by atoms with Crippen molar-refractivity contribution in [3.05, 3.63) is 54.4 Å². The van der Waals surface area contributed by atoms with Gasteiger partial charge in [0.05, 0.1) is 16.6 Å². The van der Waals surface area contributed by atoms with Crippen LogP contribution in [0.5, 0.6) is 5.75 Å². The fourth-order valence-electron chi connectivity index (χ4n) is 2.18. The van der Waals surface area contributed by atoms with E-state index in [0.29, 0.717) is 12.2 Å². The van der Waals surface area contributed by atoms with Gasteiger partial charge in [0, 0.05) is 12.7 Å². The van der Waals surface area contributed by atoms with Crippen LogP contribution >= 0.6 is 0 Å². The summed E-state index contributed by atoms with van der Waals surface area (Å²) in [4.78, 5) is 4.38. The summed E-state index contributed by atoms with van der Waals surface area (Å²) in [7, 11) is -3.63. The molecule has 0 aliphatic heterocycles. The summed E-state index contributed by atoms with van der Waals surface area (Å²) in [6.07, 6.45) is 1.65. The highest BCUT2D eigenvalue weighted by atomic mass is 32.2. The van der Waals surface area contributed by atoms with Crippen LogP contribution in [0.15, 0.2) is 53.6 Å². The molecule has 112 valence electrons. The molecule has 5 nitrogen and oxygen atoms in total. The van der Waals surface area contributed by atoms with Crippen molar-refractivity contribution < 1.29 is 13.5 Å². The van der Waals surface area contributed by atoms with Gasteiger partial charge >= 0.3 is 0 Å². The summed E-state index contributed by atoms with van der Waals surface area (Å²) in [6.45, 7) is 3.93. The molecule has 1 heterocycles. The quantitative estimate of drug-likeness (QED) is 0.921. The van der Waals surface area contributed by atoms with Crippen LogP contribution in [0.2, 0.25) is 0 Å². The van der Waals surface area contributed by atoms with Gasteiger partial charge < -0.3 is 5.11 Å². The molecule has 6 heteroatoms. The Kier molecular flexibility index (Phi) is 4.59. The first kappa shape index (κ1) is 15.5. The number of hydrogen-bond donors (Lipinski definition) is 1. The number of benzene rings is 1. The van der Waals surface area contributed by atoms with Crippen molar-refractivity contribution in [3.63, 3.8) is 0 Å². The Morgan fingerprint density at radius 3 is 2.38 bits per heavy atom. The molecule has 21 heavy (non-hydrogen) atoms. The van der Waals surface area contributed by atoms with Crippen molar-refractivity contribution in [1.82, 2.24) is 9.29 Å². The predicted octanol–water partition coefficient (Wildman–Crippen LogP) is 2.56. The second-order valence-electron chi connectivity index (χ2n) is 4.63. The molecule has 0 spiro atoms.